The summed E-state index contributed by atoms with van der Waals surface area (Å²) < 4.78 is 19.9. The standard InChI is InChI=1S/C14H18N4O2S/c1-10-4-6-11(7-5-10)21(19)18-8-2-3-12(18)14-16-13(9-15)17-20-14/h4-7,12H,2-3,8-9,15H2,1H3. The Hall–Kier alpha value is -1.57. The highest BCUT2D eigenvalue weighted by atomic mass is 32.2. The van der Waals surface area contributed by atoms with Gasteiger partial charge in [0.25, 0.3) is 0 Å². The summed E-state index contributed by atoms with van der Waals surface area (Å²) in [6.07, 6.45) is 1.83. The second-order valence-corrected chi connectivity index (χ2v) is 6.55. The molecule has 2 aromatic rings. The molecule has 6 nitrogen and oxygen atoms in total. The van der Waals surface area contributed by atoms with Gasteiger partial charge in [0.15, 0.2) is 5.82 Å². The lowest BCUT2D eigenvalue weighted by Gasteiger charge is -2.20. The molecule has 0 saturated carbocycles. The van der Waals surface area contributed by atoms with Gasteiger partial charge in [0.2, 0.25) is 5.89 Å². The lowest BCUT2D eigenvalue weighted by Crippen LogP contribution is -2.26. The summed E-state index contributed by atoms with van der Waals surface area (Å²) in [5, 5.41) is 3.82. The van der Waals surface area contributed by atoms with Crippen molar-refractivity contribution in [1.82, 2.24) is 14.4 Å². The molecule has 112 valence electrons. The SMILES string of the molecule is Cc1ccc(S(=O)N2CCCC2c2nc(CN)no2)cc1. The molecule has 0 amide bonds. The van der Waals surface area contributed by atoms with E-state index in [4.69, 9.17) is 10.3 Å². The van der Waals surface area contributed by atoms with Crippen LogP contribution in [0.5, 0.6) is 0 Å². The normalized spacial score (nSPS) is 20.8. The minimum Gasteiger partial charge on any atom is -0.338 e. The Morgan fingerprint density at radius 3 is 2.86 bits per heavy atom. The predicted octanol–water partition coefficient (Wildman–Crippen LogP) is 1.70. The second-order valence-electron chi connectivity index (χ2n) is 5.11. The van der Waals surface area contributed by atoms with E-state index in [-0.39, 0.29) is 12.6 Å². The summed E-state index contributed by atoms with van der Waals surface area (Å²) in [4.78, 5) is 5.07. The number of hydrogen-bond donors (Lipinski definition) is 1. The summed E-state index contributed by atoms with van der Waals surface area (Å²) >= 11 is 0. The van der Waals surface area contributed by atoms with Gasteiger partial charge in [-0.3, -0.25) is 0 Å². The number of hydrogen-bond acceptors (Lipinski definition) is 5. The molecule has 1 aliphatic rings. The fraction of sp³-hybridized carbons (Fsp3) is 0.429. The van der Waals surface area contributed by atoms with E-state index < -0.39 is 11.0 Å². The smallest absolute Gasteiger partial charge is 0.245 e. The summed E-state index contributed by atoms with van der Waals surface area (Å²) in [7, 11) is -1.22. The van der Waals surface area contributed by atoms with Crippen LogP contribution in [0, 0.1) is 6.92 Å². The summed E-state index contributed by atoms with van der Waals surface area (Å²) in [6, 6.07) is 7.65. The average Bonchev–Trinajstić information content (AvgIpc) is 3.15. The predicted molar refractivity (Wildman–Crippen MR) is 78.5 cm³/mol. The van der Waals surface area contributed by atoms with E-state index in [1.807, 2.05) is 35.5 Å². The first-order chi connectivity index (χ1) is 10.2. The van der Waals surface area contributed by atoms with Crippen LogP contribution in [-0.4, -0.2) is 25.2 Å². The number of nitrogens with zero attached hydrogens (tertiary/aromatic N) is 3. The van der Waals surface area contributed by atoms with Crippen LogP contribution < -0.4 is 5.73 Å². The van der Waals surface area contributed by atoms with Crippen LogP contribution in [0.3, 0.4) is 0 Å². The zero-order chi connectivity index (χ0) is 14.8. The van der Waals surface area contributed by atoms with Crippen LogP contribution in [0.25, 0.3) is 0 Å². The van der Waals surface area contributed by atoms with E-state index in [0.717, 1.165) is 29.8 Å². The molecule has 0 bridgehead atoms. The topological polar surface area (TPSA) is 85.2 Å². The average molecular weight is 306 g/mol. The molecule has 1 aliphatic heterocycles. The van der Waals surface area contributed by atoms with Gasteiger partial charge in [-0.25, -0.2) is 8.51 Å². The molecule has 1 aromatic heterocycles. The maximum Gasteiger partial charge on any atom is 0.245 e. The maximum atomic E-state index is 12.7. The molecule has 0 spiro atoms. The fourth-order valence-corrected chi connectivity index (χ4v) is 3.82. The van der Waals surface area contributed by atoms with Crippen LogP contribution in [-0.2, 0) is 17.5 Å². The van der Waals surface area contributed by atoms with Crippen LogP contribution in [0.2, 0.25) is 0 Å². The van der Waals surface area contributed by atoms with E-state index in [2.05, 4.69) is 10.1 Å². The first-order valence-corrected chi connectivity index (χ1v) is 8.07. The van der Waals surface area contributed by atoms with Gasteiger partial charge in [-0.2, -0.15) is 4.98 Å². The first-order valence-electron chi connectivity index (χ1n) is 6.97. The molecular weight excluding hydrogens is 288 g/mol. The molecular formula is C14H18N4O2S. The van der Waals surface area contributed by atoms with Crippen molar-refractivity contribution in [3.63, 3.8) is 0 Å². The second kappa shape index (κ2) is 6.05. The van der Waals surface area contributed by atoms with Crippen molar-refractivity contribution in [1.29, 1.82) is 0 Å². The Balaban J connectivity index is 1.83. The van der Waals surface area contributed by atoms with Gasteiger partial charge in [0.1, 0.15) is 17.0 Å². The van der Waals surface area contributed by atoms with Crippen LogP contribution >= 0.6 is 0 Å². The summed E-state index contributed by atoms with van der Waals surface area (Å²) in [5.41, 5.74) is 6.65. The molecule has 1 fully saturated rings. The molecule has 1 saturated heterocycles. The van der Waals surface area contributed by atoms with E-state index in [1.54, 1.807) is 0 Å². The molecule has 2 N–H and O–H groups in total. The minimum atomic E-state index is -1.22. The minimum absolute atomic E-state index is 0.0973. The van der Waals surface area contributed by atoms with Gasteiger partial charge >= 0.3 is 0 Å². The Morgan fingerprint density at radius 2 is 2.19 bits per heavy atom. The highest BCUT2D eigenvalue weighted by Gasteiger charge is 2.34. The number of nitrogens with two attached hydrogens (primary N) is 1. The van der Waals surface area contributed by atoms with Crippen LogP contribution in [0.1, 0.15) is 36.2 Å². The van der Waals surface area contributed by atoms with Gasteiger partial charge in [-0.05, 0) is 31.9 Å². The molecule has 0 radical (unpaired) electrons. The number of aromatic nitrogens is 2. The number of aryl methyl sites for hydroxylation is 1. The van der Waals surface area contributed by atoms with Gasteiger partial charge in [-0.1, -0.05) is 22.9 Å². The monoisotopic (exact) mass is 306 g/mol. The molecule has 7 heteroatoms. The lowest BCUT2D eigenvalue weighted by atomic mass is 10.2. The largest absolute Gasteiger partial charge is 0.338 e. The summed E-state index contributed by atoms with van der Waals surface area (Å²) in [5.74, 6) is 0.992. The Morgan fingerprint density at radius 1 is 1.43 bits per heavy atom. The van der Waals surface area contributed by atoms with Crippen molar-refractivity contribution in [2.75, 3.05) is 6.54 Å². The van der Waals surface area contributed by atoms with Crippen molar-refractivity contribution < 1.29 is 8.73 Å². The highest BCUT2D eigenvalue weighted by molar-refractivity contribution is 7.82. The lowest BCUT2D eigenvalue weighted by molar-refractivity contribution is 0.296. The zero-order valence-corrected chi connectivity index (χ0v) is 12.7. The van der Waals surface area contributed by atoms with Crippen molar-refractivity contribution >= 4 is 11.0 Å². The third-order valence-electron chi connectivity index (χ3n) is 3.59. The summed E-state index contributed by atoms with van der Waals surface area (Å²) in [6.45, 7) is 3.01. The van der Waals surface area contributed by atoms with E-state index in [1.165, 1.54) is 0 Å². The van der Waals surface area contributed by atoms with Gasteiger partial charge < -0.3 is 10.3 Å². The van der Waals surface area contributed by atoms with Crippen molar-refractivity contribution in [2.45, 2.75) is 37.2 Å². The van der Waals surface area contributed by atoms with Gasteiger partial charge in [-0.15, -0.1) is 0 Å². The molecule has 1 aromatic carbocycles. The zero-order valence-electron chi connectivity index (χ0n) is 11.9. The molecule has 2 atom stereocenters. The van der Waals surface area contributed by atoms with Crippen molar-refractivity contribution in [3.05, 3.63) is 41.5 Å². The van der Waals surface area contributed by atoms with Crippen molar-refractivity contribution in [2.24, 2.45) is 5.73 Å². The first kappa shape index (κ1) is 14.4. The molecule has 3 rings (SSSR count). The third kappa shape index (κ3) is 2.90. The van der Waals surface area contributed by atoms with E-state index >= 15 is 0 Å². The highest BCUT2D eigenvalue weighted by Crippen LogP contribution is 2.33. The van der Waals surface area contributed by atoms with Crippen molar-refractivity contribution in [3.8, 4) is 0 Å². The Kier molecular flexibility index (Phi) is 4.14. The molecule has 2 unspecified atom stereocenters. The van der Waals surface area contributed by atoms with E-state index in [9.17, 15) is 4.21 Å². The molecule has 21 heavy (non-hydrogen) atoms. The van der Waals surface area contributed by atoms with Gasteiger partial charge in [0, 0.05) is 6.54 Å². The van der Waals surface area contributed by atoms with Crippen LogP contribution in [0.4, 0.5) is 0 Å². The Labute approximate surface area is 125 Å². The van der Waals surface area contributed by atoms with Crippen LogP contribution in [0.15, 0.2) is 33.7 Å². The third-order valence-corrected chi connectivity index (χ3v) is 5.13. The fourth-order valence-electron chi connectivity index (χ4n) is 2.46. The van der Waals surface area contributed by atoms with Gasteiger partial charge in [0.05, 0.1) is 11.4 Å². The van der Waals surface area contributed by atoms with E-state index in [0.29, 0.717) is 11.7 Å². The molecule has 2 heterocycles. The molecule has 0 aliphatic carbocycles. The maximum absolute atomic E-state index is 12.7. The quantitative estimate of drug-likeness (QED) is 0.929. The number of benzene rings is 1. The Bertz CT molecular complexity index is 641. The number of rotatable bonds is 4.